The summed E-state index contributed by atoms with van der Waals surface area (Å²) >= 11 is 0. The van der Waals surface area contributed by atoms with Gasteiger partial charge in [-0.3, -0.25) is 9.59 Å². The Morgan fingerprint density at radius 1 is 0.433 bits per heavy atom. The van der Waals surface area contributed by atoms with Gasteiger partial charge >= 0.3 is 0 Å². The minimum Gasteiger partial charge on any atom is -0.293 e. The van der Waals surface area contributed by atoms with Crippen LogP contribution in [-0.4, -0.2) is 11.6 Å². The van der Waals surface area contributed by atoms with Gasteiger partial charge in [0.25, 0.3) is 0 Å². The zero-order valence-electron chi connectivity index (χ0n) is 16.5. The zero-order valence-corrected chi connectivity index (χ0v) is 16.5. The van der Waals surface area contributed by atoms with Crippen molar-refractivity contribution in [3.8, 4) is 0 Å². The molecule has 0 saturated heterocycles. The molecule has 0 saturated carbocycles. The quantitative estimate of drug-likeness (QED) is 0.278. The third-order valence-electron chi connectivity index (χ3n) is 5.33. The smallest absolute Gasteiger partial charge is 0.174 e. The van der Waals surface area contributed by atoms with Gasteiger partial charge < -0.3 is 0 Å². The minimum absolute atomic E-state index is 0.165. The molecule has 0 aliphatic carbocycles. The lowest BCUT2D eigenvalue weighted by Gasteiger charge is -2.26. The average Bonchev–Trinajstić information content (AvgIpc) is 2.84. The highest BCUT2D eigenvalue weighted by molar-refractivity contribution is 6.17. The molecule has 0 aliphatic heterocycles. The molecule has 4 rings (SSSR count). The molecule has 2 nitrogen and oxygen atoms in total. The van der Waals surface area contributed by atoms with Gasteiger partial charge in [-0.15, -0.1) is 0 Å². The Labute approximate surface area is 176 Å². The number of rotatable bonds is 7. The molecule has 0 bridgehead atoms. The van der Waals surface area contributed by atoms with Crippen LogP contribution < -0.4 is 0 Å². The van der Waals surface area contributed by atoms with Crippen LogP contribution in [0.2, 0.25) is 0 Å². The molecule has 0 aliphatic rings. The molecular formula is C28H22O2. The van der Waals surface area contributed by atoms with Gasteiger partial charge in [-0.1, -0.05) is 121 Å². The van der Waals surface area contributed by atoms with E-state index < -0.39 is 5.92 Å². The van der Waals surface area contributed by atoms with Crippen molar-refractivity contribution >= 4 is 11.6 Å². The van der Waals surface area contributed by atoms with E-state index in [1.165, 1.54) is 0 Å². The van der Waals surface area contributed by atoms with Gasteiger partial charge in [-0.2, -0.15) is 0 Å². The number of Topliss-reactive ketones (excluding diaryl/α,β-unsaturated/α-hetero) is 2. The molecular weight excluding hydrogens is 368 g/mol. The monoisotopic (exact) mass is 390 g/mol. The minimum atomic E-state index is -0.861. The van der Waals surface area contributed by atoms with Crippen molar-refractivity contribution in [2.75, 3.05) is 0 Å². The van der Waals surface area contributed by atoms with Crippen LogP contribution in [0.3, 0.4) is 0 Å². The lowest BCUT2D eigenvalue weighted by Crippen LogP contribution is -2.31. The Morgan fingerprint density at radius 2 is 0.733 bits per heavy atom. The number of ketones is 2. The first kappa shape index (κ1) is 19.5. The van der Waals surface area contributed by atoms with Gasteiger partial charge in [-0.05, 0) is 11.1 Å². The Bertz CT molecular complexity index is 1010. The lowest BCUT2D eigenvalue weighted by molar-refractivity contribution is 0.0793. The molecule has 0 spiro atoms. The summed E-state index contributed by atoms with van der Waals surface area (Å²) in [6.07, 6.45) is 0. The molecule has 0 fully saturated rings. The lowest BCUT2D eigenvalue weighted by atomic mass is 9.73. The highest BCUT2D eigenvalue weighted by atomic mass is 16.2. The predicted molar refractivity (Wildman–Crippen MR) is 120 cm³/mol. The maximum Gasteiger partial charge on any atom is 0.174 e. The second-order valence-electron chi connectivity index (χ2n) is 7.24. The van der Waals surface area contributed by atoms with E-state index in [4.69, 9.17) is 0 Å². The molecule has 146 valence electrons. The maximum absolute atomic E-state index is 13.7. The number of hydrogen-bond acceptors (Lipinski definition) is 2. The maximum atomic E-state index is 13.7. The van der Waals surface area contributed by atoms with Gasteiger partial charge in [0.2, 0.25) is 0 Å². The van der Waals surface area contributed by atoms with Gasteiger partial charge in [0.15, 0.2) is 11.6 Å². The van der Waals surface area contributed by atoms with Crippen LogP contribution in [0.25, 0.3) is 0 Å². The Kier molecular flexibility index (Phi) is 5.95. The van der Waals surface area contributed by atoms with E-state index in [1.807, 2.05) is 97.1 Å². The van der Waals surface area contributed by atoms with E-state index in [-0.39, 0.29) is 17.5 Å². The first-order chi connectivity index (χ1) is 14.8. The van der Waals surface area contributed by atoms with E-state index in [9.17, 15) is 9.59 Å². The van der Waals surface area contributed by atoms with Crippen LogP contribution in [0, 0.1) is 5.92 Å². The Hall–Kier alpha value is -3.78. The van der Waals surface area contributed by atoms with Crippen molar-refractivity contribution in [2.45, 2.75) is 5.92 Å². The standard InChI is InChI=1S/C28H22O2/c29-27(23-17-9-3-10-18-23)26(28(30)24-19-11-4-12-20-24)25(21-13-5-1-6-14-21)22-15-7-2-8-16-22/h1-20,25-26H. The van der Waals surface area contributed by atoms with Crippen LogP contribution >= 0.6 is 0 Å². The molecule has 0 heterocycles. The fourth-order valence-electron chi connectivity index (χ4n) is 3.88. The van der Waals surface area contributed by atoms with Gasteiger partial charge in [0.1, 0.15) is 0 Å². The summed E-state index contributed by atoms with van der Waals surface area (Å²) in [6.45, 7) is 0. The highest BCUT2D eigenvalue weighted by Gasteiger charge is 2.37. The third-order valence-corrected chi connectivity index (χ3v) is 5.33. The third kappa shape index (κ3) is 4.13. The van der Waals surface area contributed by atoms with Crippen molar-refractivity contribution < 1.29 is 9.59 Å². The van der Waals surface area contributed by atoms with Gasteiger partial charge in [-0.25, -0.2) is 0 Å². The fourth-order valence-corrected chi connectivity index (χ4v) is 3.88. The van der Waals surface area contributed by atoms with Gasteiger partial charge in [0.05, 0.1) is 5.92 Å². The number of hydrogen-bond donors (Lipinski definition) is 0. The molecule has 0 aromatic heterocycles. The van der Waals surface area contributed by atoms with Crippen LogP contribution in [-0.2, 0) is 0 Å². The zero-order chi connectivity index (χ0) is 20.8. The van der Waals surface area contributed by atoms with Gasteiger partial charge in [0, 0.05) is 17.0 Å². The summed E-state index contributed by atoms with van der Waals surface area (Å²) in [7, 11) is 0. The average molecular weight is 390 g/mol. The molecule has 2 heteroatoms. The van der Waals surface area contributed by atoms with E-state index in [0.29, 0.717) is 11.1 Å². The molecule has 0 N–H and O–H groups in total. The fraction of sp³-hybridized carbons (Fsp3) is 0.0714. The molecule has 0 atom stereocenters. The normalized spacial score (nSPS) is 10.9. The van der Waals surface area contributed by atoms with Crippen LogP contribution in [0.5, 0.6) is 0 Å². The summed E-state index contributed by atoms with van der Waals surface area (Å²) in [5.74, 6) is -1.57. The van der Waals surface area contributed by atoms with Crippen molar-refractivity contribution in [3.05, 3.63) is 144 Å². The molecule has 0 amide bonds. The van der Waals surface area contributed by atoms with E-state index in [1.54, 1.807) is 24.3 Å². The summed E-state index contributed by atoms with van der Waals surface area (Å²) in [5, 5.41) is 0. The Morgan fingerprint density at radius 3 is 1.07 bits per heavy atom. The summed E-state index contributed by atoms with van der Waals surface area (Å²) in [5.41, 5.74) is 2.98. The van der Waals surface area contributed by atoms with Crippen molar-refractivity contribution in [1.82, 2.24) is 0 Å². The number of benzene rings is 4. The molecule has 0 unspecified atom stereocenters. The van der Waals surface area contributed by atoms with Crippen molar-refractivity contribution in [1.29, 1.82) is 0 Å². The van der Waals surface area contributed by atoms with Crippen molar-refractivity contribution in [3.63, 3.8) is 0 Å². The van der Waals surface area contributed by atoms with E-state index in [2.05, 4.69) is 0 Å². The molecule has 4 aromatic carbocycles. The summed E-state index contributed by atoms with van der Waals surface area (Å²) in [6, 6.07) is 37.8. The second kappa shape index (κ2) is 9.15. The molecule has 30 heavy (non-hydrogen) atoms. The first-order valence-electron chi connectivity index (χ1n) is 10.0. The predicted octanol–water partition coefficient (Wildman–Crippen LogP) is 6.20. The van der Waals surface area contributed by atoms with E-state index >= 15 is 0 Å². The summed E-state index contributed by atoms with van der Waals surface area (Å²) in [4.78, 5) is 27.5. The number of carbonyl (C=O) groups is 2. The van der Waals surface area contributed by atoms with Crippen LogP contribution in [0.15, 0.2) is 121 Å². The SMILES string of the molecule is O=C(c1ccccc1)C(C(=O)c1ccccc1)C(c1ccccc1)c1ccccc1. The van der Waals surface area contributed by atoms with Crippen LogP contribution in [0.1, 0.15) is 37.8 Å². The highest BCUT2D eigenvalue weighted by Crippen LogP contribution is 2.36. The topological polar surface area (TPSA) is 34.1 Å². The van der Waals surface area contributed by atoms with E-state index in [0.717, 1.165) is 11.1 Å². The van der Waals surface area contributed by atoms with Crippen LogP contribution in [0.4, 0.5) is 0 Å². The Balaban J connectivity index is 1.89. The largest absolute Gasteiger partial charge is 0.293 e. The molecule has 0 radical (unpaired) electrons. The number of carbonyl (C=O) groups excluding carboxylic acids is 2. The second-order valence-corrected chi connectivity index (χ2v) is 7.24. The molecule has 4 aromatic rings. The summed E-state index contributed by atoms with van der Waals surface area (Å²) < 4.78 is 0. The van der Waals surface area contributed by atoms with Crippen molar-refractivity contribution in [2.24, 2.45) is 5.92 Å². The first-order valence-corrected chi connectivity index (χ1v) is 10.0.